The van der Waals surface area contributed by atoms with Gasteiger partial charge in [-0.2, -0.15) is 0 Å². The number of nitro groups is 1. The number of nitro benzene ring substituents is 1. The maximum atomic E-state index is 11.1. The van der Waals surface area contributed by atoms with Crippen LogP contribution in [0.1, 0.15) is 24.0 Å². The SMILES string of the molecule is Cc1c(CNC(C(=O)O)C2CC2)cccc1[N+](=O)[O-]. The number of nitrogens with zero attached hydrogens (tertiary/aromatic N) is 1. The Morgan fingerprint density at radius 3 is 2.79 bits per heavy atom. The fraction of sp³-hybridized carbons (Fsp3) is 0.462. The predicted octanol–water partition coefficient (Wildman–Crippen LogP) is 1.86. The summed E-state index contributed by atoms with van der Waals surface area (Å²) in [5.74, 6) is -0.665. The minimum atomic E-state index is -0.856. The molecule has 1 unspecified atom stereocenters. The van der Waals surface area contributed by atoms with Crippen molar-refractivity contribution in [2.24, 2.45) is 5.92 Å². The summed E-state index contributed by atoms with van der Waals surface area (Å²) in [5, 5.41) is 22.9. The first-order chi connectivity index (χ1) is 9.00. The standard InChI is InChI=1S/C13H16N2O4/c1-8-10(3-2-4-11(8)15(18)19)7-14-12(13(16)17)9-5-6-9/h2-4,9,12,14H,5-7H2,1H3,(H,16,17). The number of hydrogen-bond acceptors (Lipinski definition) is 4. The van der Waals surface area contributed by atoms with Gasteiger partial charge in [-0.1, -0.05) is 12.1 Å². The van der Waals surface area contributed by atoms with E-state index in [9.17, 15) is 14.9 Å². The molecule has 1 aliphatic rings. The van der Waals surface area contributed by atoms with Crippen LogP contribution < -0.4 is 5.32 Å². The second-order valence-electron chi connectivity index (χ2n) is 4.85. The second kappa shape index (κ2) is 5.36. The molecule has 19 heavy (non-hydrogen) atoms. The summed E-state index contributed by atoms with van der Waals surface area (Å²) in [5.41, 5.74) is 1.42. The largest absolute Gasteiger partial charge is 0.480 e. The third kappa shape index (κ3) is 3.08. The van der Waals surface area contributed by atoms with Gasteiger partial charge in [-0.05, 0) is 31.2 Å². The normalized spacial score (nSPS) is 16.1. The molecule has 1 aliphatic carbocycles. The average molecular weight is 264 g/mol. The van der Waals surface area contributed by atoms with Gasteiger partial charge in [0.15, 0.2) is 0 Å². The number of carboxylic acid groups (broad SMARTS) is 1. The maximum absolute atomic E-state index is 11.1. The molecule has 1 aromatic carbocycles. The van der Waals surface area contributed by atoms with Crippen LogP contribution in [0, 0.1) is 23.0 Å². The van der Waals surface area contributed by atoms with Crippen molar-refractivity contribution < 1.29 is 14.8 Å². The van der Waals surface area contributed by atoms with E-state index in [0.717, 1.165) is 18.4 Å². The number of aliphatic carboxylic acids is 1. The van der Waals surface area contributed by atoms with Crippen molar-refractivity contribution in [1.82, 2.24) is 5.32 Å². The molecule has 102 valence electrons. The fourth-order valence-electron chi connectivity index (χ4n) is 2.16. The van der Waals surface area contributed by atoms with Crippen LogP contribution in [0.15, 0.2) is 18.2 Å². The zero-order chi connectivity index (χ0) is 14.0. The number of nitrogens with one attached hydrogen (secondary N) is 1. The first-order valence-electron chi connectivity index (χ1n) is 6.19. The quantitative estimate of drug-likeness (QED) is 0.604. The highest BCUT2D eigenvalue weighted by atomic mass is 16.6. The van der Waals surface area contributed by atoms with Crippen LogP contribution in [0.2, 0.25) is 0 Å². The number of benzene rings is 1. The maximum Gasteiger partial charge on any atom is 0.320 e. The Morgan fingerprint density at radius 2 is 2.26 bits per heavy atom. The molecule has 1 fully saturated rings. The van der Waals surface area contributed by atoms with Gasteiger partial charge in [0.05, 0.1) is 4.92 Å². The molecular formula is C13H16N2O4. The number of carboxylic acids is 1. The molecule has 2 rings (SSSR count). The minimum absolute atomic E-state index is 0.0672. The van der Waals surface area contributed by atoms with Crippen LogP contribution in [-0.4, -0.2) is 22.0 Å². The van der Waals surface area contributed by atoms with Crippen LogP contribution in [0.4, 0.5) is 5.69 Å². The van der Waals surface area contributed by atoms with E-state index < -0.39 is 16.9 Å². The molecule has 0 radical (unpaired) electrons. The Balaban J connectivity index is 2.08. The van der Waals surface area contributed by atoms with Crippen molar-refractivity contribution in [3.05, 3.63) is 39.4 Å². The molecule has 0 saturated heterocycles. The van der Waals surface area contributed by atoms with Gasteiger partial charge in [0, 0.05) is 18.2 Å². The van der Waals surface area contributed by atoms with Gasteiger partial charge in [-0.15, -0.1) is 0 Å². The van der Waals surface area contributed by atoms with Crippen LogP contribution in [-0.2, 0) is 11.3 Å². The predicted molar refractivity (Wildman–Crippen MR) is 68.8 cm³/mol. The molecule has 1 aromatic rings. The van der Waals surface area contributed by atoms with Crippen LogP contribution >= 0.6 is 0 Å². The van der Waals surface area contributed by atoms with E-state index >= 15 is 0 Å². The molecular weight excluding hydrogens is 248 g/mol. The highest BCUT2D eigenvalue weighted by molar-refractivity contribution is 5.74. The lowest BCUT2D eigenvalue weighted by Gasteiger charge is -2.14. The summed E-state index contributed by atoms with van der Waals surface area (Å²) >= 11 is 0. The highest BCUT2D eigenvalue weighted by Crippen LogP contribution is 2.33. The Kier molecular flexibility index (Phi) is 3.80. The van der Waals surface area contributed by atoms with E-state index in [1.807, 2.05) is 0 Å². The lowest BCUT2D eigenvalue weighted by molar-refractivity contribution is -0.385. The Hall–Kier alpha value is -1.95. The molecule has 1 atom stereocenters. The zero-order valence-corrected chi connectivity index (χ0v) is 10.6. The molecule has 0 amide bonds. The van der Waals surface area contributed by atoms with E-state index in [1.165, 1.54) is 6.07 Å². The van der Waals surface area contributed by atoms with Gasteiger partial charge < -0.3 is 10.4 Å². The summed E-state index contributed by atoms with van der Waals surface area (Å²) in [4.78, 5) is 21.5. The second-order valence-corrected chi connectivity index (χ2v) is 4.85. The third-order valence-corrected chi connectivity index (χ3v) is 3.49. The van der Waals surface area contributed by atoms with E-state index in [-0.39, 0.29) is 11.6 Å². The summed E-state index contributed by atoms with van der Waals surface area (Å²) < 4.78 is 0. The molecule has 2 N–H and O–H groups in total. The summed E-state index contributed by atoms with van der Waals surface area (Å²) in [6, 6.07) is 4.29. The van der Waals surface area contributed by atoms with Gasteiger partial charge in [0.25, 0.3) is 5.69 Å². The highest BCUT2D eigenvalue weighted by Gasteiger charge is 2.35. The molecule has 0 aromatic heterocycles. The summed E-state index contributed by atoms with van der Waals surface area (Å²) in [7, 11) is 0. The first kappa shape index (κ1) is 13.5. The molecule has 0 aliphatic heterocycles. The van der Waals surface area contributed by atoms with Gasteiger partial charge in [-0.25, -0.2) is 0 Å². The van der Waals surface area contributed by atoms with Crippen molar-refractivity contribution in [3.63, 3.8) is 0 Å². The molecule has 6 heteroatoms. The Labute approximate surface area is 110 Å². The zero-order valence-electron chi connectivity index (χ0n) is 10.6. The molecule has 1 saturated carbocycles. The molecule has 0 spiro atoms. The van der Waals surface area contributed by atoms with Crippen LogP contribution in [0.25, 0.3) is 0 Å². The third-order valence-electron chi connectivity index (χ3n) is 3.49. The summed E-state index contributed by atoms with van der Waals surface area (Å²) in [6.07, 6.45) is 1.86. The van der Waals surface area contributed by atoms with Crippen molar-refractivity contribution in [1.29, 1.82) is 0 Å². The average Bonchev–Trinajstić information content (AvgIpc) is 3.15. The van der Waals surface area contributed by atoms with E-state index in [1.54, 1.807) is 19.1 Å². The Morgan fingerprint density at radius 1 is 1.58 bits per heavy atom. The smallest absolute Gasteiger partial charge is 0.320 e. The minimum Gasteiger partial charge on any atom is -0.480 e. The summed E-state index contributed by atoms with van der Waals surface area (Å²) in [6.45, 7) is 2.02. The van der Waals surface area contributed by atoms with E-state index in [4.69, 9.17) is 5.11 Å². The van der Waals surface area contributed by atoms with Crippen molar-refractivity contribution >= 4 is 11.7 Å². The van der Waals surface area contributed by atoms with Crippen molar-refractivity contribution in [3.8, 4) is 0 Å². The number of carbonyl (C=O) groups is 1. The lowest BCUT2D eigenvalue weighted by atomic mass is 10.1. The monoisotopic (exact) mass is 264 g/mol. The molecule has 0 heterocycles. The topological polar surface area (TPSA) is 92.5 Å². The van der Waals surface area contributed by atoms with Crippen molar-refractivity contribution in [2.45, 2.75) is 32.4 Å². The first-order valence-corrected chi connectivity index (χ1v) is 6.19. The van der Waals surface area contributed by atoms with Crippen LogP contribution in [0.5, 0.6) is 0 Å². The van der Waals surface area contributed by atoms with Gasteiger partial charge >= 0.3 is 5.97 Å². The number of hydrogen-bond donors (Lipinski definition) is 2. The van der Waals surface area contributed by atoms with Crippen molar-refractivity contribution in [2.75, 3.05) is 0 Å². The lowest BCUT2D eigenvalue weighted by Crippen LogP contribution is -2.38. The van der Waals surface area contributed by atoms with E-state index in [2.05, 4.69) is 5.32 Å². The Bertz CT molecular complexity index is 511. The molecule has 0 bridgehead atoms. The molecule has 6 nitrogen and oxygen atoms in total. The van der Waals surface area contributed by atoms with Gasteiger partial charge in [-0.3, -0.25) is 14.9 Å². The van der Waals surface area contributed by atoms with Gasteiger partial charge in [0.2, 0.25) is 0 Å². The fourth-order valence-corrected chi connectivity index (χ4v) is 2.16. The number of rotatable bonds is 6. The van der Waals surface area contributed by atoms with E-state index in [0.29, 0.717) is 12.1 Å². The van der Waals surface area contributed by atoms with Crippen LogP contribution in [0.3, 0.4) is 0 Å². The van der Waals surface area contributed by atoms with Gasteiger partial charge in [0.1, 0.15) is 6.04 Å².